The SMILES string of the molecule is CCC(CNC(=O)C1CCCC2CNNC21)c1ccccc1. The lowest BCUT2D eigenvalue weighted by Crippen LogP contribution is -2.48. The van der Waals surface area contributed by atoms with Crippen LogP contribution in [0.3, 0.4) is 0 Å². The van der Waals surface area contributed by atoms with Crippen molar-refractivity contribution >= 4 is 5.91 Å². The maximum absolute atomic E-state index is 12.6. The van der Waals surface area contributed by atoms with Crippen molar-refractivity contribution in [3.05, 3.63) is 35.9 Å². The van der Waals surface area contributed by atoms with Gasteiger partial charge in [0.25, 0.3) is 0 Å². The van der Waals surface area contributed by atoms with Crippen molar-refractivity contribution in [1.82, 2.24) is 16.2 Å². The number of fused-ring (bicyclic) bond motifs is 1. The topological polar surface area (TPSA) is 53.2 Å². The summed E-state index contributed by atoms with van der Waals surface area (Å²) in [6, 6.07) is 10.8. The number of hydrazine groups is 1. The quantitative estimate of drug-likeness (QED) is 0.781. The molecule has 0 radical (unpaired) electrons. The Balaban J connectivity index is 1.57. The molecule has 1 aromatic rings. The van der Waals surface area contributed by atoms with Gasteiger partial charge in [-0.05, 0) is 30.7 Å². The third kappa shape index (κ3) is 3.33. The number of hydrogen-bond donors (Lipinski definition) is 3. The fourth-order valence-corrected chi connectivity index (χ4v) is 3.92. The minimum absolute atomic E-state index is 0.113. The minimum atomic E-state index is 0.113. The van der Waals surface area contributed by atoms with Gasteiger partial charge >= 0.3 is 0 Å². The monoisotopic (exact) mass is 301 g/mol. The highest BCUT2D eigenvalue weighted by Crippen LogP contribution is 2.31. The molecule has 4 unspecified atom stereocenters. The van der Waals surface area contributed by atoms with E-state index < -0.39 is 0 Å². The van der Waals surface area contributed by atoms with Crippen LogP contribution in [0.1, 0.15) is 44.1 Å². The molecule has 22 heavy (non-hydrogen) atoms. The molecule has 4 heteroatoms. The fraction of sp³-hybridized carbons (Fsp3) is 0.611. The Morgan fingerprint density at radius 2 is 2.14 bits per heavy atom. The van der Waals surface area contributed by atoms with Gasteiger partial charge in [0.2, 0.25) is 5.91 Å². The summed E-state index contributed by atoms with van der Waals surface area (Å²) in [5, 5.41) is 3.21. The summed E-state index contributed by atoms with van der Waals surface area (Å²) in [5.74, 6) is 1.35. The number of carbonyl (C=O) groups is 1. The molecule has 1 saturated heterocycles. The predicted molar refractivity (Wildman–Crippen MR) is 88.2 cm³/mol. The lowest BCUT2D eigenvalue weighted by Gasteiger charge is -2.32. The average Bonchev–Trinajstić information content (AvgIpc) is 3.04. The predicted octanol–water partition coefficient (Wildman–Crippen LogP) is 2.19. The Hall–Kier alpha value is -1.39. The van der Waals surface area contributed by atoms with Crippen molar-refractivity contribution in [2.75, 3.05) is 13.1 Å². The van der Waals surface area contributed by atoms with E-state index in [9.17, 15) is 4.79 Å². The van der Waals surface area contributed by atoms with E-state index in [4.69, 9.17) is 0 Å². The average molecular weight is 301 g/mol. The molecule has 0 aromatic heterocycles. The van der Waals surface area contributed by atoms with Crippen molar-refractivity contribution in [3.63, 3.8) is 0 Å². The van der Waals surface area contributed by atoms with Gasteiger partial charge in [0.15, 0.2) is 0 Å². The van der Waals surface area contributed by atoms with Crippen LogP contribution in [0.15, 0.2) is 30.3 Å². The van der Waals surface area contributed by atoms with Crippen molar-refractivity contribution in [2.45, 2.75) is 44.6 Å². The lowest BCUT2D eigenvalue weighted by molar-refractivity contribution is -0.127. The van der Waals surface area contributed by atoms with Gasteiger partial charge < -0.3 is 5.32 Å². The van der Waals surface area contributed by atoms with Gasteiger partial charge in [0.1, 0.15) is 0 Å². The molecule has 3 rings (SSSR count). The minimum Gasteiger partial charge on any atom is -0.355 e. The molecule has 1 aliphatic carbocycles. The number of amides is 1. The van der Waals surface area contributed by atoms with Crippen LogP contribution >= 0.6 is 0 Å². The largest absolute Gasteiger partial charge is 0.355 e. The maximum Gasteiger partial charge on any atom is 0.224 e. The second kappa shape index (κ2) is 7.25. The summed E-state index contributed by atoms with van der Waals surface area (Å²) in [7, 11) is 0. The van der Waals surface area contributed by atoms with Crippen LogP contribution in [0.25, 0.3) is 0 Å². The summed E-state index contributed by atoms with van der Waals surface area (Å²) < 4.78 is 0. The van der Waals surface area contributed by atoms with E-state index in [2.05, 4.69) is 47.4 Å². The first-order chi connectivity index (χ1) is 10.8. The molecule has 1 amide bonds. The zero-order valence-electron chi connectivity index (χ0n) is 13.3. The van der Waals surface area contributed by atoms with E-state index in [-0.39, 0.29) is 11.8 Å². The zero-order chi connectivity index (χ0) is 15.4. The second-order valence-corrected chi connectivity index (χ2v) is 6.61. The van der Waals surface area contributed by atoms with Crippen LogP contribution in [0.4, 0.5) is 0 Å². The van der Waals surface area contributed by atoms with E-state index in [1.54, 1.807) is 0 Å². The molecule has 3 N–H and O–H groups in total. The van der Waals surface area contributed by atoms with Gasteiger partial charge in [-0.15, -0.1) is 0 Å². The van der Waals surface area contributed by atoms with Crippen molar-refractivity contribution in [1.29, 1.82) is 0 Å². The highest BCUT2D eigenvalue weighted by molar-refractivity contribution is 5.79. The summed E-state index contributed by atoms with van der Waals surface area (Å²) in [6.07, 6.45) is 4.44. The number of nitrogens with one attached hydrogen (secondary N) is 3. The second-order valence-electron chi connectivity index (χ2n) is 6.61. The normalized spacial score (nSPS) is 28.9. The molecule has 4 nitrogen and oxygen atoms in total. The maximum atomic E-state index is 12.6. The third-order valence-corrected chi connectivity index (χ3v) is 5.29. The van der Waals surface area contributed by atoms with E-state index in [0.29, 0.717) is 17.9 Å². The molecule has 4 atom stereocenters. The van der Waals surface area contributed by atoms with Crippen LogP contribution in [-0.4, -0.2) is 25.0 Å². The van der Waals surface area contributed by atoms with E-state index in [1.165, 1.54) is 18.4 Å². The summed E-state index contributed by atoms with van der Waals surface area (Å²) in [6.45, 7) is 3.92. The van der Waals surface area contributed by atoms with Gasteiger partial charge in [-0.2, -0.15) is 0 Å². The fourth-order valence-electron chi connectivity index (χ4n) is 3.92. The molecule has 0 bridgehead atoms. The molecule has 1 aliphatic heterocycles. The molecule has 1 aromatic carbocycles. The van der Waals surface area contributed by atoms with E-state index in [0.717, 1.165) is 25.9 Å². The summed E-state index contributed by atoms with van der Waals surface area (Å²) in [5.41, 5.74) is 7.85. The number of carbonyl (C=O) groups excluding carboxylic acids is 1. The molecule has 1 saturated carbocycles. The first kappa shape index (κ1) is 15.5. The Morgan fingerprint density at radius 1 is 1.32 bits per heavy atom. The van der Waals surface area contributed by atoms with E-state index in [1.807, 2.05) is 6.07 Å². The molecular weight excluding hydrogens is 274 g/mol. The van der Waals surface area contributed by atoms with Crippen molar-refractivity contribution in [3.8, 4) is 0 Å². The van der Waals surface area contributed by atoms with Crippen molar-refractivity contribution in [2.24, 2.45) is 11.8 Å². The first-order valence-corrected chi connectivity index (χ1v) is 8.60. The molecule has 0 spiro atoms. The highest BCUT2D eigenvalue weighted by Gasteiger charge is 2.40. The standard InChI is InChI=1S/C18H27N3O/c1-2-13(14-7-4-3-5-8-14)11-19-18(22)16-10-6-9-15-12-20-21-17(15)16/h3-5,7-8,13,15-17,20-21H,2,6,9-12H2,1H3,(H,19,22). The molecule has 120 valence electrons. The Bertz CT molecular complexity index is 490. The van der Waals surface area contributed by atoms with Gasteiger partial charge in [-0.25, -0.2) is 0 Å². The van der Waals surface area contributed by atoms with Crippen LogP contribution in [0.5, 0.6) is 0 Å². The molecule has 2 aliphatic rings. The van der Waals surface area contributed by atoms with Crippen LogP contribution in [0.2, 0.25) is 0 Å². The third-order valence-electron chi connectivity index (χ3n) is 5.29. The molecular formula is C18H27N3O. The Labute approximate surface area is 133 Å². The zero-order valence-corrected chi connectivity index (χ0v) is 13.3. The highest BCUT2D eigenvalue weighted by atomic mass is 16.1. The summed E-state index contributed by atoms with van der Waals surface area (Å²) in [4.78, 5) is 12.6. The molecule has 1 heterocycles. The number of rotatable bonds is 5. The van der Waals surface area contributed by atoms with Gasteiger partial charge in [-0.3, -0.25) is 15.6 Å². The van der Waals surface area contributed by atoms with E-state index >= 15 is 0 Å². The number of hydrogen-bond acceptors (Lipinski definition) is 3. The van der Waals surface area contributed by atoms with Gasteiger partial charge in [-0.1, -0.05) is 43.7 Å². The van der Waals surface area contributed by atoms with Gasteiger partial charge in [0, 0.05) is 25.0 Å². The van der Waals surface area contributed by atoms with Crippen molar-refractivity contribution < 1.29 is 4.79 Å². The Kier molecular flexibility index (Phi) is 5.11. The van der Waals surface area contributed by atoms with Crippen LogP contribution in [0, 0.1) is 11.8 Å². The first-order valence-electron chi connectivity index (χ1n) is 8.60. The molecule has 2 fully saturated rings. The van der Waals surface area contributed by atoms with Gasteiger partial charge in [0.05, 0.1) is 5.92 Å². The smallest absolute Gasteiger partial charge is 0.224 e. The number of benzene rings is 1. The Morgan fingerprint density at radius 3 is 2.91 bits per heavy atom. The lowest BCUT2D eigenvalue weighted by atomic mass is 9.77. The van der Waals surface area contributed by atoms with Crippen LogP contribution in [-0.2, 0) is 4.79 Å². The summed E-state index contributed by atoms with van der Waals surface area (Å²) >= 11 is 0. The van der Waals surface area contributed by atoms with Crippen LogP contribution < -0.4 is 16.2 Å².